The smallest absolute Gasteiger partial charge is 0.223 e. The Bertz CT molecular complexity index is 306. The van der Waals surface area contributed by atoms with Crippen molar-refractivity contribution < 1.29 is 4.79 Å². The van der Waals surface area contributed by atoms with Crippen LogP contribution in [0.4, 0.5) is 0 Å². The standard InChI is InChI=1S/C14H28N4OS/c1-3-15-14(17-8-4-5-11-20-2)18-10-9-16-13(19)12-6-7-12/h12H,3-11H2,1-2H3,(H,16,19)(H2,15,17,18). The van der Waals surface area contributed by atoms with Gasteiger partial charge in [0.05, 0.1) is 0 Å². The fourth-order valence-electron chi connectivity index (χ4n) is 1.75. The van der Waals surface area contributed by atoms with Crippen molar-refractivity contribution in [2.24, 2.45) is 10.9 Å². The van der Waals surface area contributed by atoms with Gasteiger partial charge in [0.15, 0.2) is 5.96 Å². The largest absolute Gasteiger partial charge is 0.357 e. The third-order valence-electron chi connectivity index (χ3n) is 3.04. The van der Waals surface area contributed by atoms with Crippen molar-refractivity contribution in [3.63, 3.8) is 0 Å². The number of aliphatic imine (C=N–C) groups is 1. The van der Waals surface area contributed by atoms with Gasteiger partial charge in [-0.25, -0.2) is 0 Å². The van der Waals surface area contributed by atoms with Crippen LogP contribution in [0.2, 0.25) is 0 Å². The van der Waals surface area contributed by atoms with Gasteiger partial charge in [-0.2, -0.15) is 11.8 Å². The molecule has 0 aromatic rings. The number of nitrogens with zero attached hydrogens (tertiary/aromatic N) is 1. The predicted molar refractivity (Wildman–Crippen MR) is 87.3 cm³/mol. The maximum atomic E-state index is 11.5. The first kappa shape index (κ1) is 17.1. The molecule has 20 heavy (non-hydrogen) atoms. The van der Waals surface area contributed by atoms with Gasteiger partial charge >= 0.3 is 0 Å². The van der Waals surface area contributed by atoms with Crippen LogP contribution >= 0.6 is 11.8 Å². The average Bonchev–Trinajstić information content (AvgIpc) is 3.27. The Morgan fingerprint density at radius 3 is 2.60 bits per heavy atom. The molecule has 0 atom stereocenters. The van der Waals surface area contributed by atoms with E-state index >= 15 is 0 Å². The topological polar surface area (TPSA) is 65.5 Å². The van der Waals surface area contributed by atoms with Crippen LogP contribution in [0.25, 0.3) is 0 Å². The first-order valence-corrected chi connectivity index (χ1v) is 8.96. The zero-order valence-corrected chi connectivity index (χ0v) is 13.5. The molecule has 0 unspecified atom stereocenters. The summed E-state index contributed by atoms with van der Waals surface area (Å²) in [6, 6.07) is 0. The summed E-state index contributed by atoms with van der Waals surface area (Å²) < 4.78 is 0. The van der Waals surface area contributed by atoms with Crippen molar-refractivity contribution in [2.45, 2.75) is 32.6 Å². The quantitative estimate of drug-likeness (QED) is 0.322. The maximum absolute atomic E-state index is 11.5. The van der Waals surface area contributed by atoms with Gasteiger partial charge in [-0.15, -0.1) is 0 Å². The van der Waals surface area contributed by atoms with Gasteiger partial charge < -0.3 is 16.0 Å². The number of rotatable bonds is 10. The van der Waals surface area contributed by atoms with Crippen LogP contribution in [-0.2, 0) is 4.79 Å². The van der Waals surface area contributed by atoms with E-state index in [2.05, 4.69) is 34.1 Å². The summed E-state index contributed by atoms with van der Waals surface area (Å²) in [7, 11) is 0. The highest BCUT2D eigenvalue weighted by Crippen LogP contribution is 2.28. The highest BCUT2D eigenvalue weighted by molar-refractivity contribution is 7.98. The summed E-state index contributed by atoms with van der Waals surface area (Å²) in [4.78, 5) is 16.0. The van der Waals surface area contributed by atoms with E-state index in [4.69, 9.17) is 0 Å². The summed E-state index contributed by atoms with van der Waals surface area (Å²) in [5, 5.41) is 9.40. The lowest BCUT2D eigenvalue weighted by molar-refractivity contribution is -0.122. The van der Waals surface area contributed by atoms with Gasteiger partial charge in [0.1, 0.15) is 0 Å². The van der Waals surface area contributed by atoms with Crippen LogP contribution in [0, 0.1) is 5.92 Å². The third kappa shape index (κ3) is 8.30. The number of amides is 1. The second-order valence-electron chi connectivity index (χ2n) is 4.95. The summed E-state index contributed by atoms with van der Waals surface area (Å²) >= 11 is 1.88. The van der Waals surface area contributed by atoms with Crippen molar-refractivity contribution in [3.05, 3.63) is 0 Å². The van der Waals surface area contributed by atoms with Gasteiger partial charge in [-0.05, 0) is 44.6 Å². The predicted octanol–water partition coefficient (Wildman–Crippen LogP) is 1.21. The second-order valence-corrected chi connectivity index (χ2v) is 5.94. The van der Waals surface area contributed by atoms with E-state index < -0.39 is 0 Å². The number of nitrogens with one attached hydrogen (secondary N) is 3. The Labute approximate surface area is 126 Å². The van der Waals surface area contributed by atoms with E-state index in [1.165, 1.54) is 12.2 Å². The number of unbranched alkanes of at least 4 members (excludes halogenated alkanes) is 1. The van der Waals surface area contributed by atoms with Crippen LogP contribution in [0.3, 0.4) is 0 Å². The Morgan fingerprint density at radius 1 is 1.20 bits per heavy atom. The van der Waals surface area contributed by atoms with E-state index in [0.717, 1.165) is 44.9 Å². The lowest BCUT2D eigenvalue weighted by atomic mass is 10.3. The van der Waals surface area contributed by atoms with Gasteiger partial charge in [-0.3, -0.25) is 9.79 Å². The highest BCUT2D eigenvalue weighted by atomic mass is 32.2. The van der Waals surface area contributed by atoms with Crippen molar-refractivity contribution in [1.82, 2.24) is 16.0 Å². The molecule has 0 aliphatic heterocycles. The molecule has 0 spiro atoms. The van der Waals surface area contributed by atoms with Crippen molar-refractivity contribution in [1.29, 1.82) is 0 Å². The molecule has 1 aliphatic rings. The average molecular weight is 300 g/mol. The van der Waals surface area contributed by atoms with Gasteiger partial charge in [-0.1, -0.05) is 0 Å². The molecule has 0 aromatic heterocycles. The molecule has 116 valence electrons. The molecule has 1 saturated carbocycles. The molecule has 0 radical (unpaired) electrons. The number of carbonyl (C=O) groups excluding carboxylic acids is 1. The van der Waals surface area contributed by atoms with E-state index in [1.807, 2.05) is 11.8 Å². The van der Waals surface area contributed by atoms with Crippen molar-refractivity contribution in [2.75, 3.05) is 38.2 Å². The summed E-state index contributed by atoms with van der Waals surface area (Å²) in [6.07, 6.45) is 6.57. The molecule has 1 rings (SSSR count). The summed E-state index contributed by atoms with van der Waals surface area (Å²) in [5.41, 5.74) is 0. The molecule has 0 saturated heterocycles. The first-order valence-electron chi connectivity index (χ1n) is 7.56. The number of hydrogen-bond acceptors (Lipinski definition) is 3. The summed E-state index contributed by atoms with van der Waals surface area (Å²) in [6.45, 7) is 5.14. The molecule has 5 nitrogen and oxygen atoms in total. The molecule has 1 aliphatic carbocycles. The number of carbonyl (C=O) groups is 1. The van der Waals surface area contributed by atoms with Gasteiger partial charge in [0.25, 0.3) is 0 Å². The Kier molecular flexibility index (Phi) is 9.28. The maximum Gasteiger partial charge on any atom is 0.223 e. The highest BCUT2D eigenvalue weighted by Gasteiger charge is 2.28. The molecule has 1 fully saturated rings. The van der Waals surface area contributed by atoms with E-state index in [1.54, 1.807) is 0 Å². The molecule has 0 aromatic carbocycles. The Morgan fingerprint density at radius 2 is 1.95 bits per heavy atom. The van der Waals surface area contributed by atoms with Crippen molar-refractivity contribution >= 4 is 23.6 Å². The number of thioether (sulfide) groups is 1. The SMILES string of the molecule is CCNC(=NCCCCSC)NCCNC(=O)C1CC1. The molecule has 0 heterocycles. The van der Waals surface area contributed by atoms with Crippen LogP contribution in [0.1, 0.15) is 32.6 Å². The number of hydrogen-bond donors (Lipinski definition) is 3. The third-order valence-corrected chi connectivity index (χ3v) is 3.73. The monoisotopic (exact) mass is 300 g/mol. The molecule has 3 N–H and O–H groups in total. The van der Waals surface area contributed by atoms with E-state index in [0.29, 0.717) is 6.54 Å². The normalized spacial score (nSPS) is 15.0. The molecular formula is C14H28N4OS. The van der Waals surface area contributed by atoms with Crippen LogP contribution in [-0.4, -0.2) is 50.1 Å². The lowest BCUT2D eigenvalue weighted by Crippen LogP contribution is -2.41. The zero-order valence-electron chi connectivity index (χ0n) is 12.7. The van der Waals surface area contributed by atoms with E-state index in [9.17, 15) is 4.79 Å². The zero-order chi connectivity index (χ0) is 14.6. The van der Waals surface area contributed by atoms with Gasteiger partial charge in [0.2, 0.25) is 5.91 Å². The molecule has 0 bridgehead atoms. The lowest BCUT2D eigenvalue weighted by Gasteiger charge is -2.11. The fourth-order valence-corrected chi connectivity index (χ4v) is 2.24. The van der Waals surface area contributed by atoms with Gasteiger partial charge in [0, 0.05) is 32.1 Å². The van der Waals surface area contributed by atoms with Crippen molar-refractivity contribution in [3.8, 4) is 0 Å². The molecule has 6 heteroatoms. The minimum absolute atomic E-state index is 0.200. The van der Waals surface area contributed by atoms with Crippen LogP contribution in [0.15, 0.2) is 4.99 Å². The Balaban J connectivity index is 2.09. The number of guanidine groups is 1. The molecular weight excluding hydrogens is 272 g/mol. The van der Waals surface area contributed by atoms with Crippen LogP contribution < -0.4 is 16.0 Å². The Hall–Kier alpha value is -0.910. The second kappa shape index (κ2) is 10.8. The summed E-state index contributed by atoms with van der Waals surface area (Å²) in [5.74, 6) is 2.53. The van der Waals surface area contributed by atoms with Crippen LogP contribution in [0.5, 0.6) is 0 Å². The van der Waals surface area contributed by atoms with E-state index in [-0.39, 0.29) is 11.8 Å². The molecule has 1 amide bonds. The minimum atomic E-state index is 0.200. The fraction of sp³-hybridized carbons (Fsp3) is 0.857. The first-order chi connectivity index (χ1) is 9.77. The minimum Gasteiger partial charge on any atom is -0.357 e.